The smallest absolute Gasteiger partial charge is 0.302 e. The van der Waals surface area contributed by atoms with Gasteiger partial charge in [0.05, 0.1) is 43.5 Å². The number of methoxy groups -OCH3 is 1. The van der Waals surface area contributed by atoms with Crippen LogP contribution < -0.4 is 9.47 Å². The number of benzene rings is 1. The van der Waals surface area contributed by atoms with Gasteiger partial charge in [-0.05, 0) is 31.7 Å². The van der Waals surface area contributed by atoms with Crippen molar-refractivity contribution in [3.8, 4) is 11.5 Å². The van der Waals surface area contributed by atoms with Crippen LogP contribution in [-0.2, 0) is 16.1 Å². The van der Waals surface area contributed by atoms with E-state index in [-0.39, 0.29) is 23.0 Å². The van der Waals surface area contributed by atoms with Crippen LogP contribution in [0.3, 0.4) is 0 Å². The number of nitro benzene ring substituents is 1. The number of hydrogen-bond donors (Lipinski definition) is 1. The van der Waals surface area contributed by atoms with Crippen molar-refractivity contribution in [1.82, 2.24) is 0 Å². The molecule has 1 rings (SSSR count). The van der Waals surface area contributed by atoms with E-state index in [4.69, 9.17) is 14.2 Å². The van der Waals surface area contributed by atoms with Crippen LogP contribution in [0.2, 0.25) is 0 Å². The zero-order chi connectivity index (χ0) is 17.9. The fourth-order valence-electron chi connectivity index (χ4n) is 2.12. The molecule has 0 fully saturated rings. The van der Waals surface area contributed by atoms with Crippen LogP contribution in [0.5, 0.6) is 11.5 Å². The minimum Gasteiger partial charge on any atom is -0.493 e. The van der Waals surface area contributed by atoms with Crippen molar-refractivity contribution in [2.75, 3.05) is 20.3 Å². The minimum absolute atomic E-state index is 0.176. The summed E-state index contributed by atoms with van der Waals surface area (Å²) in [5.41, 5.74) is -0.0237. The molecule has 0 aromatic heterocycles. The molecule has 0 atom stereocenters. The van der Waals surface area contributed by atoms with E-state index >= 15 is 0 Å². The summed E-state index contributed by atoms with van der Waals surface area (Å²) in [4.78, 5) is 21.1. The highest BCUT2D eigenvalue weighted by molar-refractivity contribution is 5.65. The average molecular weight is 341 g/mol. The number of nitro groups is 1. The highest BCUT2D eigenvalue weighted by Crippen LogP contribution is 2.34. The molecule has 1 N–H and O–H groups in total. The first kappa shape index (κ1) is 19.7. The Kier molecular flexibility index (Phi) is 8.56. The Labute approximate surface area is 140 Å². The van der Waals surface area contributed by atoms with Gasteiger partial charge in [0.15, 0.2) is 11.5 Å². The summed E-state index contributed by atoms with van der Waals surface area (Å²) in [6.07, 6.45) is 3.34. The molecule has 1 aromatic carbocycles. The average Bonchev–Trinajstić information content (AvgIpc) is 2.56. The van der Waals surface area contributed by atoms with E-state index in [1.54, 1.807) is 0 Å². The number of nitrogens with zero attached hydrogens (tertiary/aromatic N) is 1. The molecular formula is C16H23NO7. The Hall–Kier alpha value is -2.35. The summed E-state index contributed by atoms with van der Waals surface area (Å²) in [6, 6.07) is 2.68. The normalized spacial score (nSPS) is 10.3. The number of aliphatic hydroxyl groups excluding tert-OH is 1. The summed E-state index contributed by atoms with van der Waals surface area (Å²) >= 11 is 0. The lowest BCUT2D eigenvalue weighted by molar-refractivity contribution is -0.385. The molecule has 0 heterocycles. The van der Waals surface area contributed by atoms with Gasteiger partial charge in [-0.2, -0.15) is 0 Å². The molecule has 0 spiro atoms. The lowest BCUT2D eigenvalue weighted by atomic mass is 10.1. The fourth-order valence-corrected chi connectivity index (χ4v) is 2.12. The second-order valence-corrected chi connectivity index (χ2v) is 5.15. The second kappa shape index (κ2) is 10.4. The van der Waals surface area contributed by atoms with E-state index in [1.807, 2.05) is 0 Å². The Morgan fingerprint density at radius 2 is 1.83 bits per heavy atom. The quantitative estimate of drug-likeness (QED) is 0.285. The van der Waals surface area contributed by atoms with E-state index < -0.39 is 11.5 Å². The second-order valence-electron chi connectivity index (χ2n) is 5.15. The molecule has 0 saturated heterocycles. The van der Waals surface area contributed by atoms with Gasteiger partial charge in [-0.25, -0.2) is 0 Å². The van der Waals surface area contributed by atoms with Crippen LogP contribution in [-0.4, -0.2) is 36.3 Å². The summed E-state index contributed by atoms with van der Waals surface area (Å²) in [6.45, 7) is 1.73. The molecule has 0 saturated carbocycles. The predicted molar refractivity (Wildman–Crippen MR) is 86.2 cm³/mol. The zero-order valence-corrected chi connectivity index (χ0v) is 13.9. The minimum atomic E-state index is -0.563. The summed E-state index contributed by atoms with van der Waals surface area (Å²) in [7, 11) is 1.43. The highest BCUT2D eigenvalue weighted by atomic mass is 16.6. The van der Waals surface area contributed by atoms with Gasteiger partial charge in [0.2, 0.25) is 0 Å². The number of carbonyl (C=O) groups is 1. The first-order valence-electron chi connectivity index (χ1n) is 7.72. The van der Waals surface area contributed by atoms with Gasteiger partial charge in [0, 0.05) is 6.92 Å². The summed E-state index contributed by atoms with van der Waals surface area (Å²) < 4.78 is 15.5. The van der Waals surface area contributed by atoms with Crippen LogP contribution >= 0.6 is 0 Å². The number of aliphatic hydroxyl groups is 1. The monoisotopic (exact) mass is 341 g/mol. The van der Waals surface area contributed by atoms with Gasteiger partial charge in [-0.1, -0.05) is 0 Å². The van der Waals surface area contributed by atoms with Crippen molar-refractivity contribution in [3.63, 3.8) is 0 Å². The molecule has 134 valence electrons. The largest absolute Gasteiger partial charge is 0.493 e. The van der Waals surface area contributed by atoms with E-state index in [0.29, 0.717) is 19.0 Å². The van der Waals surface area contributed by atoms with Crippen LogP contribution in [0, 0.1) is 10.1 Å². The van der Waals surface area contributed by atoms with Gasteiger partial charge in [-0.15, -0.1) is 0 Å². The summed E-state index contributed by atoms with van der Waals surface area (Å²) in [5, 5.41) is 20.2. The molecule has 8 heteroatoms. The lowest BCUT2D eigenvalue weighted by Crippen LogP contribution is -2.03. The fraction of sp³-hybridized carbons (Fsp3) is 0.562. The van der Waals surface area contributed by atoms with Gasteiger partial charge in [0.25, 0.3) is 5.69 Å². The molecule has 0 radical (unpaired) electrons. The molecular weight excluding hydrogens is 318 g/mol. The molecule has 8 nitrogen and oxygen atoms in total. The van der Waals surface area contributed by atoms with Gasteiger partial charge < -0.3 is 19.3 Å². The van der Waals surface area contributed by atoms with Gasteiger partial charge in [-0.3, -0.25) is 14.9 Å². The SMILES string of the molecule is COc1cc(CO)c([N+](=O)[O-])cc1OCCCCCCOC(C)=O. The predicted octanol–water partition coefficient (Wildman–Crippen LogP) is 2.60. The maximum Gasteiger partial charge on any atom is 0.302 e. The first-order chi connectivity index (χ1) is 11.5. The number of carbonyl (C=O) groups excluding carboxylic acids is 1. The Bertz CT molecular complexity index is 560. The van der Waals surface area contributed by atoms with Crippen molar-refractivity contribution in [3.05, 3.63) is 27.8 Å². The Balaban J connectivity index is 2.48. The highest BCUT2D eigenvalue weighted by Gasteiger charge is 2.19. The Morgan fingerprint density at radius 3 is 2.38 bits per heavy atom. The molecule has 0 aliphatic rings. The number of esters is 1. The van der Waals surface area contributed by atoms with Gasteiger partial charge in [0.1, 0.15) is 0 Å². The Morgan fingerprint density at radius 1 is 1.17 bits per heavy atom. The summed E-state index contributed by atoms with van der Waals surface area (Å²) in [5.74, 6) is 0.346. The van der Waals surface area contributed by atoms with E-state index in [1.165, 1.54) is 26.2 Å². The molecule has 0 aliphatic heterocycles. The zero-order valence-electron chi connectivity index (χ0n) is 13.9. The van der Waals surface area contributed by atoms with Crippen molar-refractivity contribution >= 4 is 11.7 Å². The third kappa shape index (κ3) is 6.41. The van der Waals surface area contributed by atoms with E-state index in [2.05, 4.69) is 0 Å². The standard InChI is InChI=1S/C16H23NO7/c1-12(19)23-7-5-3-4-6-8-24-16-10-14(17(20)21)13(11-18)9-15(16)22-2/h9-10,18H,3-8,11H2,1-2H3. The van der Waals surface area contributed by atoms with Crippen molar-refractivity contribution in [1.29, 1.82) is 0 Å². The molecule has 0 bridgehead atoms. The molecule has 0 unspecified atom stereocenters. The van der Waals surface area contributed by atoms with E-state index in [9.17, 15) is 20.0 Å². The van der Waals surface area contributed by atoms with E-state index in [0.717, 1.165) is 25.7 Å². The molecule has 0 amide bonds. The number of hydrogen-bond acceptors (Lipinski definition) is 7. The van der Waals surface area contributed by atoms with Gasteiger partial charge >= 0.3 is 5.97 Å². The van der Waals surface area contributed by atoms with Crippen LogP contribution in [0.1, 0.15) is 38.2 Å². The van der Waals surface area contributed by atoms with Crippen molar-refractivity contribution in [2.45, 2.75) is 39.2 Å². The maximum atomic E-state index is 11.0. The molecule has 0 aliphatic carbocycles. The first-order valence-corrected chi connectivity index (χ1v) is 7.72. The topological polar surface area (TPSA) is 108 Å². The molecule has 1 aromatic rings. The van der Waals surface area contributed by atoms with Crippen LogP contribution in [0.25, 0.3) is 0 Å². The third-order valence-corrected chi connectivity index (χ3v) is 3.33. The van der Waals surface area contributed by atoms with Crippen LogP contribution in [0.4, 0.5) is 5.69 Å². The number of unbranched alkanes of at least 4 members (excludes halogenated alkanes) is 3. The maximum absolute atomic E-state index is 11.0. The molecule has 24 heavy (non-hydrogen) atoms. The van der Waals surface area contributed by atoms with Crippen molar-refractivity contribution < 1.29 is 29.0 Å². The van der Waals surface area contributed by atoms with Crippen molar-refractivity contribution in [2.24, 2.45) is 0 Å². The number of rotatable bonds is 11. The third-order valence-electron chi connectivity index (χ3n) is 3.33. The number of ether oxygens (including phenoxy) is 3. The van der Waals surface area contributed by atoms with Crippen LogP contribution in [0.15, 0.2) is 12.1 Å². The lowest BCUT2D eigenvalue weighted by Gasteiger charge is -2.12.